The fraction of sp³-hybridized carbons (Fsp3) is 0.276. The fourth-order valence-electron chi connectivity index (χ4n) is 4.90. The number of amides is 2. The Labute approximate surface area is 232 Å². The van der Waals surface area contributed by atoms with E-state index in [0.717, 1.165) is 18.5 Å². The Bertz CT molecular complexity index is 1410. The van der Waals surface area contributed by atoms with E-state index in [2.05, 4.69) is 67.9 Å². The Morgan fingerprint density at radius 1 is 1.08 bits per heavy atom. The molecule has 1 aliphatic heterocycles. The van der Waals surface area contributed by atoms with Gasteiger partial charge in [-0.15, -0.1) is 5.10 Å². The van der Waals surface area contributed by atoms with Crippen molar-refractivity contribution in [2.45, 2.75) is 44.3 Å². The number of hydrogen-bond acceptors (Lipinski definition) is 6. The minimum atomic E-state index is -0.708. The number of nitrogens with zero attached hydrogens (tertiary/aromatic N) is 4. The number of nitrogens with one attached hydrogen (secondary N) is 3. The van der Waals surface area contributed by atoms with Gasteiger partial charge >= 0.3 is 0 Å². The Morgan fingerprint density at radius 3 is 2.59 bits per heavy atom. The van der Waals surface area contributed by atoms with E-state index in [9.17, 15) is 9.59 Å². The number of aromatic nitrogens is 4. The van der Waals surface area contributed by atoms with Gasteiger partial charge in [-0.1, -0.05) is 66.2 Å². The summed E-state index contributed by atoms with van der Waals surface area (Å²) in [5.74, 6) is -0.210. The molecule has 4 aromatic rings. The third-order valence-corrected chi connectivity index (χ3v) is 7.29. The van der Waals surface area contributed by atoms with Gasteiger partial charge in [0.05, 0.1) is 11.7 Å². The van der Waals surface area contributed by atoms with Crippen LogP contribution in [0.5, 0.6) is 0 Å². The topological polar surface area (TPSA) is 114 Å². The largest absolute Gasteiger partial charge is 0.350 e. The molecular weight excluding hydrogens is 514 g/mol. The molecule has 0 spiro atoms. The van der Waals surface area contributed by atoms with Gasteiger partial charge in [-0.3, -0.25) is 9.59 Å². The summed E-state index contributed by atoms with van der Waals surface area (Å²) in [6.45, 7) is 2.62. The molecule has 0 aliphatic carbocycles. The molecule has 1 aliphatic rings. The Hall–Kier alpha value is -4.08. The number of piperidine rings is 1. The third kappa shape index (κ3) is 6.50. The number of hydrogen-bond donors (Lipinski definition) is 3. The van der Waals surface area contributed by atoms with Crippen LogP contribution < -0.4 is 16.0 Å². The highest BCUT2D eigenvalue weighted by molar-refractivity contribution is 6.30. The van der Waals surface area contributed by atoms with Gasteiger partial charge in [0.1, 0.15) is 12.4 Å². The van der Waals surface area contributed by atoms with E-state index in [1.54, 1.807) is 25.1 Å². The molecule has 2 amide bonds. The van der Waals surface area contributed by atoms with Crippen LogP contribution in [-0.2, 0) is 16.1 Å². The predicted octanol–water partition coefficient (Wildman–Crippen LogP) is 3.64. The second kappa shape index (κ2) is 12.2. The number of rotatable bonds is 8. The number of tetrazole rings is 1. The van der Waals surface area contributed by atoms with Crippen molar-refractivity contribution in [3.63, 3.8) is 0 Å². The lowest BCUT2D eigenvalue weighted by Gasteiger charge is -2.30. The monoisotopic (exact) mass is 543 g/mol. The van der Waals surface area contributed by atoms with Gasteiger partial charge in [-0.25, -0.2) is 4.68 Å². The van der Waals surface area contributed by atoms with Crippen molar-refractivity contribution in [2.75, 3.05) is 6.54 Å². The summed E-state index contributed by atoms with van der Waals surface area (Å²) in [6.07, 6.45) is 3.09. The summed E-state index contributed by atoms with van der Waals surface area (Å²) in [7, 11) is 0. The zero-order chi connectivity index (χ0) is 27.2. The second-order valence-electron chi connectivity index (χ2n) is 9.69. The van der Waals surface area contributed by atoms with E-state index in [4.69, 9.17) is 11.6 Å². The first-order valence-corrected chi connectivity index (χ1v) is 13.3. The fourth-order valence-corrected chi connectivity index (χ4v) is 5.10. The minimum Gasteiger partial charge on any atom is -0.350 e. The van der Waals surface area contributed by atoms with Gasteiger partial charge < -0.3 is 16.0 Å². The molecule has 1 saturated heterocycles. The summed E-state index contributed by atoms with van der Waals surface area (Å²) in [6, 6.07) is 23.0. The van der Waals surface area contributed by atoms with Crippen LogP contribution in [0.15, 0.2) is 79.1 Å². The van der Waals surface area contributed by atoms with Gasteiger partial charge in [0.15, 0.2) is 0 Å². The van der Waals surface area contributed by atoms with Crippen LogP contribution in [-0.4, -0.2) is 50.7 Å². The average molecular weight is 544 g/mol. The van der Waals surface area contributed by atoms with Crippen LogP contribution in [0.4, 0.5) is 0 Å². The number of carbonyl (C=O) groups excluding carboxylic acids is 2. The number of benzene rings is 3. The summed E-state index contributed by atoms with van der Waals surface area (Å²) in [4.78, 5) is 25.9. The van der Waals surface area contributed by atoms with Crippen LogP contribution in [0.2, 0.25) is 5.02 Å². The van der Waals surface area contributed by atoms with E-state index < -0.39 is 6.04 Å². The van der Waals surface area contributed by atoms with Crippen molar-refractivity contribution in [1.82, 2.24) is 36.2 Å². The van der Waals surface area contributed by atoms with Gasteiger partial charge in [-0.05, 0) is 83.1 Å². The molecule has 0 bridgehead atoms. The molecule has 3 atom stereocenters. The van der Waals surface area contributed by atoms with Gasteiger partial charge in [-0.2, -0.15) is 0 Å². The van der Waals surface area contributed by atoms with Crippen LogP contribution in [0.1, 0.15) is 36.8 Å². The van der Waals surface area contributed by atoms with E-state index in [0.29, 0.717) is 17.1 Å². The number of halogens is 1. The molecule has 0 saturated carbocycles. The maximum Gasteiger partial charge on any atom is 0.242 e. The summed E-state index contributed by atoms with van der Waals surface area (Å²) in [5.41, 5.74) is 5.03. The first kappa shape index (κ1) is 26.5. The molecule has 1 unspecified atom stereocenters. The zero-order valence-corrected chi connectivity index (χ0v) is 22.3. The average Bonchev–Trinajstić information content (AvgIpc) is 3.51. The van der Waals surface area contributed by atoms with Gasteiger partial charge in [0.25, 0.3) is 0 Å². The van der Waals surface area contributed by atoms with E-state index in [1.165, 1.54) is 27.7 Å². The Morgan fingerprint density at radius 2 is 1.85 bits per heavy atom. The molecular formula is C29H30ClN7O2. The number of carbonyl (C=O) groups is 2. The lowest BCUT2D eigenvalue weighted by atomic mass is 9.85. The first-order chi connectivity index (χ1) is 19.0. The molecule has 10 heteroatoms. The van der Waals surface area contributed by atoms with Crippen LogP contribution in [0, 0.1) is 0 Å². The highest BCUT2D eigenvalue weighted by atomic mass is 35.5. The van der Waals surface area contributed by atoms with Crippen molar-refractivity contribution in [3.05, 3.63) is 95.3 Å². The second-order valence-corrected chi connectivity index (χ2v) is 10.1. The molecule has 0 radical (unpaired) electrons. The van der Waals surface area contributed by atoms with Crippen LogP contribution >= 0.6 is 11.6 Å². The zero-order valence-electron chi connectivity index (χ0n) is 21.5. The van der Waals surface area contributed by atoms with Crippen molar-refractivity contribution in [1.29, 1.82) is 0 Å². The van der Waals surface area contributed by atoms with E-state index in [-0.39, 0.29) is 30.3 Å². The maximum atomic E-state index is 13.1. The molecule has 1 fully saturated rings. The molecule has 1 aromatic heterocycles. The van der Waals surface area contributed by atoms with Crippen LogP contribution in [0.3, 0.4) is 0 Å². The molecule has 200 valence electrons. The van der Waals surface area contributed by atoms with Crippen molar-refractivity contribution in [3.8, 4) is 16.8 Å². The molecule has 9 nitrogen and oxygen atoms in total. The Balaban J connectivity index is 1.16. The third-order valence-electron chi connectivity index (χ3n) is 7.05. The van der Waals surface area contributed by atoms with Crippen molar-refractivity contribution >= 4 is 23.4 Å². The molecule has 5 rings (SSSR count). The van der Waals surface area contributed by atoms with Gasteiger partial charge in [0, 0.05) is 11.6 Å². The highest BCUT2D eigenvalue weighted by Crippen LogP contribution is 2.30. The lowest BCUT2D eigenvalue weighted by Crippen LogP contribution is -2.53. The van der Waals surface area contributed by atoms with E-state index in [1.807, 2.05) is 18.2 Å². The van der Waals surface area contributed by atoms with E-state index >= 15 is 0 Å². The lowest BCUT2D eigenvalue weighted by molar-refractivity contribution is -0.130. The molecule has 2 heterocycles. The summed E-state index contributed by atoms with van der Waals surface area (Å²) in [5, 5.41) is 20.8. The maximum absolute atomic E-state index is 13.1. The minimum absolute atomic E-state index is 0.180. The summed E-state index contributed by atoms with van der Waals surface area (Å²) < 4.78 is 1.50. The van der Waals surface area contributed by atoms with Crippen LogP contribution in [0.25, 0.3) is 16.8 Å². The molecule has 39 heavy (non-hydrogen) atoms. The van der Waals surface area contributed by atoms with Gasteiger partial charge in [0.2, 0.25) is 11.8 Å². The highest BCUT2D eigenvalue weighted by Gasteiger charge is 2.29. The SMILES string of the molecule is C[C@H](NC(=O)C1C[C@@H](c2ccc(-c3ccccc3)cc2)CCN1)C(=O)NCc1cc(Cl)ccc1-n1cnnn1. The normalized spacial score (nSPS) is 17.8. The first-order valence-electron chi connectivity index (χ1n) is 13.0. The molecule has 3 aromatic carbocycles. The standard InChI is InChI=1S/C29H30ClN7O2/c1-19(28(38)32-17-24-15-25(30)11-12-27(24)37-18-33-35-36-37)34-29(39)26-16-23(13-14-31-26)22-9-7-21(8-10-22)20-5-3-2-4-6-20/h2-12,15,18-19,23,26,31H,13-14,16-17H2,1H3,(H,32,38)(H,34,39)/t19-,23-,26?/m0/s1. The molecule has 3 N–H and O–H groups in total. The summed E-state index contributed by atoms with van der Waals surface area (Å²) >= 11 is 6.17. The van der Waals surface area contributed by atoms with Crippen molar-refractivity contribution < 1.29 is 9.59 Å². The predicted molar refractivity (Wildman–Crippen MR) is 149 cm³/mol. The smallest absolute Gasteiger partial charge is 0.242 e. The quantitative estimate of drug-likeness (QED) is 0.313. The van der Waals surface area contributed by atoms with Crippen molar-refractivity contribution in [2.24, 2.45) is 0 Å². The Kier molecular flexibility index (Phi) is 8.29.